The number of oxazole rings is 1. The average molecular weight is 412 g/mol. The fraction of sp³-hybridized carbons (Fsp3) is 0.0476. The number of hydrogen-bond donors (Lipinski definition) is 2. The molecule has 6 nitrogen and oxygen atoms in total. The summed E-state index contributed by atoms with van der Waals surface area (Å²) in [7, 11) is 1.50. The number of ether oxygens (including phenoxy) is 1. The number of amides is 2. The van der Waals surface area contributed by atoms with Crippen LogP contribution in [0.5, 0.6) is 5.75 Å². The van der Waals surface area contributed by atoms with Crippen LogP contribution in [0, 0.1) is 5.82 Å². The van der Waals surface area contributed by atoms with Gasteiger partial charge < -0.3 is 19.8 Å². The second-order valence-corrected chi connectivity index (χ2v) is 6.52. The molecule has 0 unspecified atom stereocenters. The van der Waals surface area contributed by atoms with E-state index in [0.29, 0.717) is 34.2 Å². The first-order valence-corrected chi connectivity index (χ1v) is 8.98. The first-order valence-electron chi connectivity index (χ1n) is 8.60. The second-order valence-electron chi connectivity index (χ2n) is 6.11. The molecular formula is C21H15ClFN3O3. The second kappa shape index (κ2) is 7.81. The Morgan fingerprint density at radius 1 is 1.10 bits per heavy atom. The zero-order valence-electron chi connectivity index (χ0n) is 15.2. The maximum absolute atomic E-state index is 13.3. The van der Waals surface area contributed by atoms with E-state index in [0.717, 1.165) is 5.52 Å². The van der Waals surface area contributed by atoms with Crippen molar-refractivity contribution in [2.45, 2.75) is 0 Å². The van der Waals surface area contributed by atoms with Gasteiger partial charge >= 0.3 is 6.03 Å². The highest BCUT2D eigenvalue weighted by Crippen LogP contribution is 2.32. The van der Waals surface area contributed by atoms with E-state index in [-0.39, 0.29) is 5.02 Å². The molecule has 1 heterocycles. The maximum atomic E-state index is 13.3. The van der Waals surface area contributed by atoms with E-state index in [4.69, 9.17) is 20.8 Å². The van der Waals surface area contributed by atoms with E-state index >= 15 is 0 Å². The lowest BCUT2D eigenvalue weighted by Gasteiger charge is -2.12. The summed E-state index contributed by atoms with van der Waals surface area (Å²) in [6.45, 7) is 0. The summed E-state index contributed by atoms with van der Waals surface area (Å²) in [6, 6.07) is 16.0. The number of nitrogens with one attached hydrogen (secondary N) is 2. The van der Waals surface area contributed by atoms with Gasteiger partial charge in [0.2, 0.25) is 5.89 Å². The first kappa shape index (κ1) is 18.8. The fourth-order valence-corrected chi connectivity index (χ4v) is 2.97. The number of para-hydroxylation sites is 2. The molecule has 0 spiro atoms. The van der Waals surface area contributed by atoms with Gasteiger partial charge in [-0.25, -0.2) is 14.2 Å². The topological polar surface area (TPSA) is 76.4 Å². The van der Waals surface area contributed by atoms with Crippen molar-refractivity contribution in [2.75, 3.05) is 17.7 Å². The highest BCUT2D eigenvalue weighted by Gasteiger charge is 2.14. The summed E-state index contributed by atoms with van der Waals surface area (Å²) in [6.07, 6.45) is 0. The molecule has 8 heteroatoms. The highest BCUT2D eigenvalue weighted by atomic mass is 35.5. The molecule has 0 atom stereocenters. The number of benzene rings is 3. The smallest absolute Gasteiger partial charge is 0.323 e. The predicted octanol–water partition coefficient (Wildman–Crippen LogP) is 5.94. The molecule has 0 bridgehead atoms. The molecule has 146 valence electrons. The molecule has 4 rings (SSSR count). The van der Waals surface area contributed by atoms with Crippen molar-refractivity contribution < 1.29 is 18.3 Å². The van der Waals surface area contributed by atoms with Crippen molar-refractivity contribution in [3.05, 3.63) is 71.5 Å². The maximum Gasteiger partial charge on any atom is 0.323 e. The van der Waals surface area contributed by atoms with E-state index < -0.39 is 11.8 Å². The van der Waals surface area contributed by atoms with E-state index in [1.807, 2.05) is 24.3 Å². The van der Waals surface area contributed by atoms with Crippen LogP contribution in [0.3, 0.4) is 0 Å². The van der Waals surface area contributed by atoms with Crippen molar-refractivity contribution in [1.82, 2.24) is 4.98 Å². The lowest BCUT2D eigenvalue weighted by atomic mass is 10.2. The number of hydrogen-bond acceptors (Lipinski definition) is 4. The molecule has 3 aromatic carbocycles. The van der Waals surface area contributed by atoms with E-state index in [1.54, 1.807) is 18.2 Å². The van der Waals surface area contributed by atoms with Gasteiger partial charge in [0.25, 0.3) is 0 Å². The van der Waals surface area contributed by atoms with Gasteiger partial charge in [-0.2, -0.15) is 0 Å². The summed E-state index contributed by atoms with van der Waals surface area (Å²) >= 11 is 5.74. The molecule has 0 saturated heterocycles. The van der Waals surface area contributed by atoms with E-state index in [9.17, 15) is 9.18 Å². The number of halogens is 2. The lowest BCUT2D eigenvalue weighted by Crippen LogP contribution is -2.19. The van der Waals surface area contributed by atoms with Crippen molar-refractivity contribution in [2.24, 2.45) is 0 Å². The lowest BCUT2D eigenvalue weighted by molar-refractivity contribution is 0.262. The fourth-order valence-electron chi connectivity index (χ4n) is 2.79. The van der Waals surface area contributed by atoms with Gasteiger partial charge in [-0.05, 0) is 48.5 Å². The van der Waals surface area contributed by atoms with Crippen LogP contribution in [0.1, 0.15) is 0 Å². The number of carbonyl (C=O) groups excluding carboxylic acids is 1. The van der Waals surface area contributed by atoms with Crippen molar-refractivity contribution in [3.8, 4) is 17.2 Å². The molecule has 0 radical (unpaired) electrons. The molecule has 4 aromatic rings. The quantitative estimate of drug-likeness (QED) is 0.435. The Morgan fingerprint density at radius 3 is 2.69 bits per heavy atom. The number of urea groups is 1. The van der Waals surface area contributed by atoms with Crippen LogP contribution in [-0.2, 0) is 0 Å². The molecule has 0 aliphatic heterocycles. The third kappa shape index (κ3) is 4.00. The standard InChI is InChI=1S/C21H15ClFN3O3/c1-28-18-9-6-12(20-25-16-4-2-3-5-19(16)29-20)10-17(18)26-21(27)24-13-7-8-15(23)14(22)11-13/h2-11H,1H3,(H2,24,26,27). The summed E-state index contributed by atoms with van der Waals surface area (Å²) in [5, 5.41) is 5.22. The molecular weight excluding hydrogens is 397 g/mol. The van der Waals surface area contributed by atoms with Gasteiger partial charge in [0.05, 0.1) is 17.8 Å². The van der Waals surface area contributed by atoms with Gasteiger partial charge in [-0.1, -0.05) is 23.7 Å². The zero-order valence-corrected chi connectivity index (χ0v) is 16.0. The minimum atomic E-state index is -0.565. The molecule has 2 amide bonds. The average Bonchev–Trinajstić information content (AvgIpc) is 3.15. The molecule has 0 saturated carbocycles. The van der Waals surface area contributed by atoms with Gasteiger partial charge in [-0.15, -0.1) is 0 Å². The summed E-state index contributed by atoms with van der Waals surface area (Å²) in [5.41, 5.74) is 2.83. The van der Waals surface area contributed by atoms with Gasteiger partial charge in [0.15, 0.2) is 5.58 Å². The van der Waals surface area contributed by atoms with Crippen molar-refractivity contribution in [3.63, 3.8) is 0 Å². The van der Waals surface area contributed by atoms with Crippen LogP contribution in [-0.4, -0.2) is 18.1 Å². The Kier molecular flexibility index (Phi) is 5.05. The summed E-state index contributed by atoms with van der Waals surface area (Å²) < 4.78 is 24.4. The van der Waals surface area contributed by atoms with Crippen LogP contribution in [0.4, 0.5) is 20.6 Å². The van der Waals surface area contributed by atoms with Gasteiger partial charge in [-0.3, -0.25) is 0 Å². The SMILES string of the molecule is COc1ccc(-c2nc3ccccc3o2)cc1NC(=O)Nc1ccc(F)c(Cl)c1. The predicted molar refractivity (Wildman–Crippen MR) is 110 cm³/mol. The monoisotopic (exact) mass is 411 g/mol. The number of rotatable bonds is 4. The van der Waals surface area contributed by atoms with Crippen LogP contribution in [0.2, 0.25) is 5.02 Å². The number of anilines is 2. The Balaban J connectivity index is 1.59. The zero-order chi connectivity index (χ0) is 20.4. The Hall–Kier alpha value is -3.58. The molecule has 0 aliphatic rings. The number of carbonyl (C=O) groups is 1. The molecule has 2 N–H and O–H groups in total. The van der Waals surface area contributed by atoms with Gasteiger partial charge in [0, 0.05) is 11.3 Å². The van der Waals surface area contributed by atoms with E-state index in [1.165, 1.54) is 25.3 Å². The third-order valence-corrected chi connectivity index (χ3v) is 4.46. The number of nitrogens with zero attached hydrogens (tertiary/aromatic N) is 1. The third-order valence-electron chi connectivity index (χ3n) is 4.17. The summed E-state index contributed by atoms with van der Waals surface area (Å²) in [4.78, 5) is 16.8. The molecule has 1 aromatic heterocycles. The van der Waals surface area contributed by atoms with Crippen LogP contribution < -0.4 is 15.4 Å². The normalized spacial score (nSPS) is 10.7. The highest BCUT2D eigenvalue weighted by molar-refractivity contribution is 6.31. The number of methoxy groups -OCH3 is 1. The molecule has 0 fully saturated rings. The van der Waals surface area contributed by atoms with Crippen molar-refractivity contribution >= 4 is 40.1 Å². The first-order chi connectivity index (χ1) is 14.0. The largest absolute Gasteiger partial charge is 0.495 e. The molecule has 29 heavy (non-hydrogen) atoms. The van der Waals surface area contributed by atoms with Crippen LogP contribution >= 0.6 is 11.6 Å². The van der Waals surface area contributed by atoms with E-state index in [2.05, 4.69) is 15.6 Å². The number of fused-ring (bicyclic) bond motifs is 1. The minimum absolute atomic E-state index is 0.0849. The molecule has 0 aliphatic carbocycles. The Labute approximate surface area is 170 Å². The van der Waals surface area contributed by atoms with Crippen LogP contribution in [0.25, 0.3) is 22.6 Å². The Morgan fingerprint density at radius 2 is 1.93 bits per heavy atom. The minimum Gasteiger partial charge on any atom is -0.495 e. The van der Waals surface area contributed by atoms with Gasteiger partial charge in [0.1, 0.15) is 17.1 Å². The van der Waals surface area contributed by atoms with Crippen molar-refractivity contribution in [1.29, 1.82) is 0 Å². The number of aromatic nitrogens is 1. The van der Waals surface area contributed by atoms with Crippen LogP contribution in [0.15, 0.2) is 65.1 Å². The Bertz CT molecular complexity index is 1180. The summed E-state index contributed by atoms with van der Waals surface area (Å²) in [5.74, 6) is 0.310.